The second-order valence-electron chi connectivity index (χ2n) is 5.50. The number of anilines is 1. The van der Waals surface area contributed by atoms with E-state index in [0.717, 1.165) is 25.7 Å². The fourth-order valence-corrected chi connectivity index (χ4v) is 2.80. The van der Waals surface area contributed by atoms with E-state index in [1.165, 1.54) is 0 Å². The summed E-state index contributed by atoms with van der Waals surface area (Å²) in [4.78, 5) is 20.3. The van der Waals surface area contributed by atoms with Gasteiger partial charge in [-0.2, -0.15) is 4.98 Å². The Morgan fingerprint density at radius 3 is 2.57 bits per heavy atom. The fraction of sp³-hybridized carbons (Fsp3) is 0.667. The van der Waals surface area contributed by atoms with Crippen LogP contribution in [0.4, 0.5) is 5.82 Å². The van der Waals surface area contributed by atoms with Crippen LogP contribution in [0, 0.1) is 6.92 Å². The highest BCUT2D eigenvalue weighted by molar-refractivity contribution is 5.82. The summed E-state index contributed by atoms with van der Waals surface area (Å²) in [5, 5.41) is 12.8. The molecular formula is C15H23N3O3. The number of carboxylic acids is 1. The normalized spacial score (nSPS) is 17.8. The van der Waals surface area contributed by atoms with E-state index >= 15 is 0 Å². The van der Waals surface area contributed by atoms with E-state index in [-0.39, 0.29) is 0 Å². The molecular weight excluding hydrogens is 270 g/mol. The Morgan fingerprint density at radius 2 is 2.00 bits per heavy atom. The van der Waals surface area contributed by atoms with Crippen molar-refractivity contribution in [3.8, 4) is 5.88 Å². The van der Waals surface area contributed by atoms with Gasteiger partial charge in [0.1, 0.15) is 17.2 Å². The lowest BCUT2D eigenvalue weighted by Crippen LogP contribution is -2.46. The van der Waals surface area contributed by atoms with Crippen molar-refractivity contribution in [3.63, 3.8) is 0 Å². The molecule has 1 saturated carbocycles. The van der Waals surface area contributed by atoms with Crippen LogP contribution in [0.3, 0.4) is 0 Å². The van der Waals surface area contributed by atoms with Gasteiger partial charge in [0.15, 0.2) is 0 Å². The SMILES string of the molecule is CCOc1cc(NC2(C(=O)O)CCCCCC2)nc(C)n1. The first kappa shape index (κ1) is 15.5. The molecule has 1 aromatic rings. The molecule has 0 aromatic carbocycles. The minimum Gasteiger partial charge on any atom is -0.480 e. The molecule has 1 aliphatic rings. The number of carboxylic acid groups (broad SMARTS) is 1. The highest BCUT2D eigenvalue weighted by Crippen LogP contribution is 2.31. The molecule has 1 aliphatic carbocycles. The average molecular weight is 293 g/mol. The van der Waals surface area contributed by atoms with Crippen molar-refractivity contribution in [1.29, 1.82) is 0 Å². The second-order valence-corrected chi connectivity index (χ2v) is 5.50. The Morgan fingerprint density at radius 1 is 1.33 bits per heavy atom. The monoisotopic (exact) mass is 293 g/mol. The van der Waals surface area contributed by atoms with Crippen molar-refractivity contribution in [2.24, 2.45) is 0 Å². The summed E-state index contributed by atoms with van der Waals surface area (Å²) in [6, 6.07) is 1.67. The number of rotatable bonds is 5. The molecule has 0 saturated heterocycles. The molecule has 0 radical (unpaired) electrons. The first-order chi connectivity index (χ1) is 10.1. The lowest BCUT2D eigenvalue weighted by molar-refractivity contribution is -0.142. The summed E-state index contributed by atoms with van der Waals surface area (Å²) in [7, 11) is 0. The Labute approximate surface area is 124 Å². The smallest absolute Gasteiger partial charge is 0.329 e. The first-order valence-electron chi connectivity index (χ1n) is 7.56. The summed E-state index contributed by atoms with van der Waals surface area (Å²) in [5.74, 6) is 0.758. The van der Waals surface area contributed by atoms with Gasteiger partial charge in [-0.05, 0) is 26.7 Å². The molecule has 6 nitrogen and oxygen atoms in total. The van der Waals surface area contributed by atoms with Crippen LogP contribution in [0.1, 0.15) is 51.3 Å². The third-order valence-electron chi connectivity index (χ3n) is 3.84. The number of aliphatic carboxylic acids is 1. The number of hydrogen-bond donors (Lipinski definition) is 2. The maximum Gasteiger partial charge on any atom is 0.329 e. The number of hydrogen-bond acceptors (Lipinski definition) is 5. The Bertz CT molecular complexity index is 497. The molecule has 1 heterocycles. The van der Waals surface area contributed by atoms with Gasteiger partial charge in [-0.1, -0.05) is 25.7 Å². The van der Waals surface area contributed by atoms with E-state index in [4.69, 9.17) is 4.74 Å². The maximum absolute atomic E-state index is 11.8. The molecule has 0 spiro atoms. The third-order valence-corrected chi connectivity index (χ3v) is 3.84. The van der Waals surface area contributed by atoms with E-state index in [2.05, 4.69) is 15.3 Å². The molecule has 2 rings (SSSR count). The van der Waals surface area contributed by atoms with Gasteiger partial charge in [0.05, 0.1) is 6.61 Å². The van der Waals surface area contributed by atoms with E-state index in [9.17, 15) is 9.90 Å². The van der Waals surface area contributed by atoms with Crippen molar-refractivity contribution >= 4 is 11.8 Å². The fourth-order valence-electron chi connectivity index (χ4n) is 2.80. The maximum atomic E-state index is 11.8. The molecule has 6 heteroatoms. The van der Waals surface area contributed by atoms with Crippen LogP contribution in [-0.2, 0) is 4.79 Å². The zero-order valence-corrected chi connectivity index (χ0v) is 12.7. The van der Waals surface area contributed by atoms with Crippen LogP contribution < -0.4 is 10.1 Å². The summed E-state index contributed by atoms with van der Waals surface area (Å²) in [5.41, 5.74) is -0.930. The number of aryl methyl sites for hydroxylation is 1. The summed E-state index contributed by atoms with van der Waals surface area (Å²) in [6.07, 6.45) is 5.25. The van der Waals surface area contributed by atoms with Crippen molar-refractivity contribution in [1.82, 2.24) is 9.97 Å². The Balaban J connectivity index is 2.25. The molecule has 0 atom stereocenters. The first-order valence-corrected chi connectivity index (χ1v) is 7.56. The molecule has 21 heavy (non-hydrogen) atoms. The van der Waals surface area contributed by atoms with Gasteiger partial charge in [-0.3, -0.25) is 0 Å². The number of nitrogens with one attached hydrogen (secondary N) is 1. The van der Waals surface area contributed by atoms with Gasteiger partial charge >= 0.3 is 5.97 Å². The van der Waals surface area contributed by atoms with Gasteiger partial charge in [-0.15, -0.1) is 0 Å². The molecule has 0 bridgehead atoms. The van der Waals surface area contributed by atoms with Gasteiger partial charge < -0.3 is 15.2 Å². The van der Waals surface area contributed by atoms with Crippen LogP contribution in [0.5, 0.6) is 5.88 Å². The van der Waals surface area contributed by atoms with Crippen molar-refractivity contribution < 1.29 is 14.6 Å². The largest absolute Gasteiger partial charge is 0.480 e. The van der Waals surface area contributed by atoms with Crippen molar-refractivity contribution in [2.45, 2.75) is 57.9 Å². The highest BCUT2D eigenvalue weighted by atomic mass is 16.5. The quantitative estimate of drug-likeness (QED) is 0.812. The zero-order chi connectivity index (χ0) is 15.3. The highest BCUT2D eigenvalue weighted by Gasteiger charge is 2.39. The van der Waals surface area contributed by atoms with Crippen LogP contribution in [0.2, 0.25) is 0 Å². The lowest BCUT2D eigenvalue weighted by Gasteiger charge is -2.30. The minimum absolute atomic E-state index is 0.474. The van der Waals surface area contributed by atoms with Crippen molar-refractivity contribution in [3.05, 3.63) is 11.9 Å². The van der Waals surface area contributed by atoms with Crippen molar-refractivity contribution in [2.75, 3.05) is 11.9 Å². The van der Waals surface area contributed by atoms with Gasteiger partial charge in [0.25, 0.3) is 0 Å². The summed E-state index contributed by atoms with van der Waals surface area (Å²) >= 11 is 0. The molecule has 116 valence electrons. The second kappa shape index (κ2) is 6.74. The molecule has 1 fully saturated rings. The van der Waals surface area contributed by atoms with Gasteiger partial charge in [0, 0.05) is 6.07 Å². The minimum atomic E-state index is -0.930. The molecule has 1 aromatic heterocycles. The number of aromatic nitrogens is 2. The number of nitrogens with zero attached hydrogens (tertiary/aromatic N) is 2. The summed E-state index contributed by atoms with van der Waals surface area (Å²) < 4.78 is 5.40. The molecule has 0 amide bonds. The standard InChI is InChI=1S/C15H23N3O3/c1-3-21-13-10-12(16-11(2)17-13)18-15(14(19)20)8-6-4-5-7-9-15/h10H,3-9H2,1-2H3,(H,19,20)(H,16,17,18). The Kier molecular flexibility index (Phi) is 4.98. The van der Waals surface area contributed by atoms with E-state index in [1.54, 1.807) is 13.0 Å². The van der Waals surface area contributed by atoms with Gasteiger partial charge in [-0.25, -0.2) is 9.78 Å². The average Bonchev–Trinajstić information content (AvgIpc) is 2.65. The van der Waals surface area contributed by atoms with Crippen LogP contribution >= 0.6 is 0 Å². The predicted octanol–water partition coefficient (Wildman–Crippen LogP) is 2.77. The predicted molar refractivity (Wildman–Crippen MR) is 79.6 cm³/mol. The van der Waals surface area contributed by atoms with E-state index in [0.29, 0.717) is 37.0 Å². The summed E-state index contributed by atoms with van der Waals surface area (Å²) in [6.45, 7) is 4.17. The van der Waals surface area contributed by atoms with E-state index in [1.807, 2.05) is 6.92 Å². The van der Waals surface area contributed by atoms with Gasteiger partial charge in [0.2, 0.25) is 5.88 Å². The lowest BCUT2D eigenvalue weighted by atomic mass is 9.90. The zero-order valence-electron chi connectivity index (χ0n) is 12.7. The molecule has 0 aliphatic heterocycles. The number of ether oxygens (including phenoxy) is 1. The van der Waals surface area contributed by atoms with E-state index < -0.39 is 11.5 Å². The Hall–Kier alpha value is -1.85. The topological polar surface area (TPSA) is 84.3 Å². The van der Waals surface area contributed by atoms with Crippen LogP contribution in [-0.4, -0.2) is 33.2 Å². The third kappa shape index (κ3) is 3.83. The van der Waals surface area contributed by atoms with Crippen LogP contribution in [0.15, 0.2) is 6.07 Å². The molecule has 0 unspecified atom stereocenters. The molecule has 2 N–H and O–H groups in total. The van der Waals surface area contributed by atoms with Crippen LogP contribution in [0.25, 0.3) is 0 Å². The number of carbonyl (C=O) groups is 1.